The monoisotopic (exact) mass is 397 g/mol. The molecule has 0 spiro atoms. The van der Waals surface area contributed by atoms with Crippen LogP contribution in [0.3, 0.4) is 0 Å². The molecule has 0 aliphatic rings. The zero-order valence-electron chi connectivity index (χ0n) is 13.5. The van der Waals surface area contributed by atoms with Crippen LogP contribution in [0.25, 0.3) is 0 Å². The predicted molar refractivity (Wildman–Crippen MR) is 93.2 cm³/mol. The van der Waals surface area contributed by atoms with Crippen molar-refractivity contribution in [2.45, 2.75) is 10.9 Å². The first kappa shape index (κ1) is 18.5. The lowest BCUT2D eigenvalue weighted by atomic mass is 10.1. The summed E-state index contributed by atoms with van der Waals surface area (Å²) in [5.41, 5.74) is 0.457. The fraction of sp³-hybridized carbons (Fsp3) is 0.118. The van der Waals surface area contributed by atoms with Crippen LogP contribution in [0.4, 0.5) is 8.78 Å². The van der Waals surface area contributed by atoms with Crippen molar-refractivity contribution >= 4 is 21.6 Å². The number of nitrogens with one attached hydrogen (secondary N) is 1. The number of aryl methyl sites for hydroxylation is 1. The van der Waals surface area contributed by atoms with Crippen molar-refractivity contribution in [3.63, 3.8) is 0 Å². The molecule has 26 heavy (non-hydrogen) atoms. The van der Waals surface area contributed by atoms with Gasteiger partial charge in [0.2, 0.25) is 10.0 Å². The maximum absolute atomic E-state index is 14.1. The number of sulfonamides is 1. The summed E-state index contributed by atoms with van der Waals surface area (Å²) in [6.07, 6.45) is 3.14. The molecule has 9 heteroatoms. The third-order valence-electron chi connectivity index (χ3n) is 3.78. The van der Waals surface area contributed by atoms with E-state index in [-0.39, 0.29) is 5.02 Å². The number of aromatic nitrogens is 2. The van der Waals surface area contributed by atoms with E-state index in [4.69, 9.17) is 11.6 Å². The molecule has 0 saturated carbocycles. The molecule has 0 aliphatic carbocycles. The number of imidazole rings is 1. The highest BCUT2D eigenvalue weighted by Gasteiger charge is 2.27. The first-order valence-corrected chi connectivity index (χ1v) is 9.34. The molecular weight excluding hydrogens is 384 g/mol. The van der Waals surface area contributed by atoms with Crippen LogP contribution in [0, 0.1) is 11.6 Å². The van der Waals surface area contributed by atoms with Crippen LogP contribution in [0.2, 0.25) is 5.02 Å². The summed E-state index contributed by atoms with van der Waals surface area (Å²) in [7, 11) is -2.55. The second-order valence-electron chi connectivity index (χ2n) is 5.58. The Balaban J connectivity index is 2.05. The average molecular weight is 398 g/mol. The molecule has 3 aromatic rings. The molecule has 1 heterocycles. The minimum Gasteiger partial charge on any atom is -0.336 e. The standard InChI is InChI=1S/C17H14ClF2N3O2S/c1-23-9-8-21-17(23)16(11-2-5-13(19)6-3-11)22-26(24,25)15-7-4-12(18)10-14(15)20/h2-10,16,22H,1H3/t16-/m1/s1. The summed E-state index contributed by atoms with van der Waals surface area (Å²) < 4.78 is 56.8. The van der Waals surface area contributed by atoms with Crippen molar-refractivity contribution in [1.29, 1.82) is 0 Å². The summed E-state index contributed by atoms with van der Waals surface area (Å²) in [5.74, 6) is -1.06. The fourth-order valence-electron chi connectivity index (χ4n) is 2.49. The van der Waals surface area contributed by atoms with E-state index in [0.29, 0.717) is 11.4 Å². The van der Waals surface area contributed by atoms with E-state index in [0.717, 1.165) is 12.1 Å². The van der Waals surface area contributed by atoms with Crippen molar-refractivity contribution in [2.75, 3.05) is 0 Å². The Bertz CT molecular complexity index is 1040. The van der Waals surface area contributed by atoms with Crippen LogP contribution in [0.15, 0.2) is 59.8 Å². The maximum Gasteiger partial charge on any atom is 0.244 e. The van der Waals surface area contributed by atoms with Gasteiger partial charge in [-0.1, -0.05) is 23.7 Å². The van der Waals surface area contributed by atoms with Gasteiger partial charge in [0, 0.05) is 24.5 Å². The second kappa shape index (κ2) is 7.14. The molecular formula is C17H14ClF2N3O2S. The van der Waals surface area contributed by atoms with Crippen molar-refractivity contribution < 1.29 is 17.2 Å². The number of nitrogens with zero attached hydrogens (tertiary/aromatic N) is 2. The molecule has 3 rings (SSSR count). The Morgan fingerprint density at radius 3 is 2.42 bits per heavy atom. The topological polar surface area (TPSA) is 64.0 Å². The lowest BCUT2D eigenvalue weighted by Gasteiger charge is -2.19. The van der Waals surface area contributed by atoms with Crippen LogP contribution in [-0.4, -0.2) is 18.0 Å². The van der Waals surface area contributed by atoms with Crippen LogP contribution in [0.1, 0.15) is 17.4 Å². The highest BCUT2D eigenvalue weighted by Crippen LogP contribution is 2.25. The maximum atomic E-state index is 14.1. The van der Waals surface area contributed by atoms with Gasteiger partial charge in [-0.05, 0) is 35.9 Å². The Hall–Kier alpha value is -2.29. The molecule has 0 amide bonds. The molecule has 0 aliphatic heterocycles. The number of rotatable bonds is 5. The summed E-state index contributed by atoms with van der Waals surface area (Å²) in [6.45, 7) is 0. The highest BCUT2D eigenvalue weighted by atomic mass is 35.5. The predicted octanol–water partition coefficient (Wildman–Crippen LogP) is 3.42. The molecule has 0 bridgehead atoms. The smallest absolute Gasteiger partial charge is 0.244 e. The van der Waals surface area contributed by atoms with E-state index < -0.39 is 32.6 Å². The zero-order valence-corrected chi connectivity index (χ0v) is 15.1. The quantitative estimate of drug-likeness (QED) is 0.717. The fourth-order valence-corrected chi connectivity index (χ4v) is 3.89. The summed E-state index contributed by atoms with van der Waals surface area (Å²) >= 11 is 5.68. The zero-order chi connectivity index (χ0) is 18.9. The van der Waals surface area contributed by atoms with Crippen LogP contribution < -0.4 is 4.72 Å². The van der Waals surface area contributed by atoms with Gasteiger partial charge in [-0.15, -0.1) is 0 Å². The largest absolute Gasteiger partial charge is 0.336 e. The molecule has 0 unspecified atom stereocenters. The molecule has 5 nitrogen and oxygen atoms in total. The minimum absolute atomic E-state index is 0.0839. The Labute approximate surface area is 154 Å². The lowest BCUT2D eigenvalue weighted by molar-refractivity contribution is 0.544. The highest BCUT2D eigenvalue weighted by molar-refractivity contribution is 7.89. The van der Waals surface area contributed by atoms with Crippen LogP contribution in [-0.2, 0) is 17.1 Å². The average Bonchev–Trinajstić information content (AvgIpc) is 2.99. The number of halogens is 3. The number of benzene rings is 2. The van der Waals surface area contributed by atoms with E-state index in [1.54, 1.807) is 17.8 Å². The normalized spacial score (nSPS) is 12.9. The van der Waals surface area contributed by atoms with Crippen molar-refractivity contribution in [3.8, 4) is 0 Å². The van der Waals surface area contributed by atoms with E-state index in [1.807, 2.05) is 0 Å². The van der Waals surface area contributed by atoms with E-state index in [9.17, 15) is 17.2 Å². The van der Waals surface area contributed by atoms with Gasteiger partial charge in [-0.3, -0.25) is 0 Å². The second-order valence-corrected chi connectivity index (χ2v) is 7.70. The Morgan fingerprint density at radius 1 is 1.15 bits per heavy atom. The van der Waals surface area contributed by atoms with Crippen molar-refractivity contribution in [3.05, 3.63) is 82.9 Å². The third kappa shape index (κ3) is 3.77. The van der Waals surface area contributed by atoms with Gasteiger partial charge in [0.25, 0.3) is 0 Å². The van der Waals surface area contributed by atoms with Gasteiger partial charge < -0.3 is 4.57 Å². The van der Waals surface area contributed by atoms with Crippen LogP contribution >= 0.6 is 11.6 Å². The van der Waals surface area contributed by atoms with Crippen molar-refractivity contribution in [2.24, 2.45) is 7.05 Å². The van der Waals surface area contributed by atoms with Gasteiger partial charge in [0.05, 0.1) is 0 Å². The van der Waals surface area contributed by atoms with Gasteiger partial charge in [0.15, 0.2) is 0 Å². The summed E-state index contributed by atoms with van der Waals surface area (Å²) in [5, 5.41) is 0.0839. The number of hydrogen-bond acceptors (Lipinski definition) is 3. The first-order valence-electron chi connectivity index (χ1n) is 7.48. The molecule has 1 N–H and O–H groups in total. The van der Waals surface area contributed by atoms with Gasteiger partial charge in [-0.2, -0.15) is 4.72 Å². The molecule has 0 fully saturated rings. The Morgan fingerprint density at radius 2 is 1.85 bits per heavy atom. The van der Waals surface area contributed by atoms with E-state index >= 15 is 0 Å². The lowest BCUT2D eigenvalue weighted by Crippen LogP contribution is -2.31. The molecule has 1 atom stereocenters. The van der Waals surface area contributed by atoms with E-state index in [1.165, 1.54) is 36.5 Å². The van der Waals surface area contributed by atoms with Crippen LogP contribution in [0.5, 0.6) is 0 Å². The van der Waals surface area contributed by atoms with E-state index in [2.05, 4.69) is 9.71 Å². The summed E-state index contributed by atoms with van der Waals surface area (Å²) in [6, 6.07) is 7.66. The van der Waals surface area contributed by atoms with Gasteiger partial charge in [-0.25, -0.2) is 22.2 Å². The molecule has 2 aromatic carbocycles. The SMILES string of the molecule is Cn1ccnc1[C@H](NS(=O)(=O)c1ccc(Cl)cc1F)c1ccc(F)cc1. The summed E-state index contributed by atoms with van der Waals surface area (Å²) in [4.78, 5) is 3.62. The van der Waals surface area contributed by atoms with Gasteiger partial charge in [0.1, 0.15) is 28.4 Å². The minimum atomic E-state index is -4.24. The number of hydrogen-bond donors (Lipinski definition) is 1. The van der Waals surface area contributed by atoms with Gasteiger partial charge >= 0.3 is 0 Å². The molecule has 136 valence electrons. The Kier molecular flexibility index (Phi) is 5.08. The molecule has 1 aromatic heterocycles. The first-order chi connectivity index (χ1) is 12.3. The molecule has 0 saturated heterocycles. The van der Waals surface area contributed by atoms with Crippen molar-refractivity contribution in [1.82, 2.24) is 14.3 Å². The molecule has 0 radical (unpaired) electrons. The third-order valence-corrected chi connectivity index (χ3v) is 5.47.